The molecule has 1 atom stereocenters. The number of para-hydroxylation sites is 2. The second-order valence-corrected chi connectivity index (χ2v) is 4.46. The van der Waals surface area contributed by atoms with Gasteiger partial charge in [0.15, 0.2) is 6.10 Å². The van der Waals surface area contributed by atoms with E-state index in [1.54, 1.807) is 0 Å². The van der Waals surface area contributed by atoms with Crippen molar-refractivity contribution in [1.82, 2.24) is 5.06 Å². The molecule has 5 heteroatoms. The monoisotopic (exact) mass is 248 g/mol. The Kier molecular flexibility index (Phi) is 3.06. The minimum Gasteiger partial charge on any atom is -0.476 e. The van der Waals surface area contributed by atoms with Gasteiger partial charge in [0.05, 0.1) is 18.8 Å². The second kappa shape index (κ2) is 4.86. The third-order valence-electron chi connectivity index (χ3n) is 3.16. The number of anilines is 1. The number of nitrogens with one attached hydrogen (secondary N) is 1. The van der Waals surface area contributed by atoms with E-state index >= 15 is 0 Å². The van der Waals surface area contributed by atoms with E-state index in [2.05, 4.69) is 5.32 Å². The number of nitrogens with zero attached hydrogens (tertiary/aromatic N) is 1. The summed E-state index contributed by atoms with van der Waals surface area (Å²) < 4.78 is 5.71. The van der Waals surface area contributed by atoms with Gasteiger partial charge < -0.3 is 10.1 Å². The maximum absolute atomic E-state index is 12.2. The first-order chi connectivity index (χ1) is 8.84. The molecule has 18 heavy (non-hydrogen) atoms. The summed E-state index contributed by atoms with van der Waals surface area (Å²) >= 11 is 0. The second-order valence-electron chi connectivity index (χ2n) is 4.46. The molecule has 1 aromatic rings. The first-order valence-corrected chi connectivity index (χ1v) is 6.28. The largest absolute Gasteiger partial charge is 0.476 e. The van der Waals surface area contributed by atoms with Crippen molar-refractivity contribution < 1.29 is 14.4 Å². The molecule has 2 aliphatic rings. The van der Waals surface area contributed by atoms with Crippen molar-refractivity contribution in [1.29, 1.82) is 0 Å². The zero-order chi connectivity index (χ0) is 12.4. The molecule has 0 aliphatic carbocycles. The quantitative estimate of drug-likeness (QED) is 0.816. The molecule has 0 saturated carbocycles. The van der Waals surface area contributed by atoms with Crippen LogP contribution >= 0.6 is 0 Å². The van der Waals surface area contributed by atoms with Gasteiger partial charge in [-0.2, -0.15) is 0 Å². The maximum atomic E-state index is 12.2. The summed E-state index contributed by atoms with van der Waals surface area (Å²) in [6.45, 7) is 1.75. The van der Waals surface area contributed by atoms with Gasteiger partial charge in [0, 0.05) is 6.54 Å². The third kappa shape index (κ3) is 2.13. The van der Waals surface area contributed by atoms with E-state index < -0.39 is 6.10 Å². The third-order valence-corrected chi connectivity index (χ3v) is 3.16. The van der Waals surface area contributed by atoms with Crippen molar-refractivity contribution in [2.24, 2.45) is 0 Å². The van der Waals surface area contributed by atoms with Gasteiger partial charge in [-0.25, -0.2) is 5.06 Å². The Hall–Kier alpha value is -1.75. The molecule has 1 unspecified atom stereocenters. The van der Waals surface area contributed by atoms with Crippen molar-refractivity contribution in [3.8, 4) is 5.75 Å². The summed E-state index contributed by atoms with van der Waals surface area (Å²) in [7, 11) is 0. The van der Waals surface area contributed by atoms with Gasteiger partial charge in [-0.1, -0.05) is 12.1 Å². The minimum absolute atomic E-state index is 0.100. The van der Waals surface area contributed by atoms with Gasteiger partial charge in [-0.3, -0.25) is 9.63 Å². The maximum Gasteiger partial charge on any atom is 0.289 e. The lowest BCUT2D eigenvalue weighted by Crippen LogP contribution is -2.48. The zero-order valence-electron chi connectivity index (χ0n) is 10.1. The van der Waals surface area contributed by atoms with E-state index in [9.17, 15) is 4.79 Å². The first-order valence-electron chi connectivity index (χ1n) is 6.28. The van der Waals surface area contributed by atoms with Crippen molar-refractivity contribution in [3.05, 3.63) is 24.3 Å². The highest BCUT2D eigenvalue weighted by molar-refractivity contribution is 5.82. The summed E-state index contributed by atoms with van der Waals surface area (Å²) in [6.07, 6.45) is 1.50. The first kappa shape index (κ1) is 11.3. The fourth-order valence-corrected chi connectivity index (χ4v) is 2.18. The lowest BCUT2D eigenvalue weighted by molar-refractivity contribution is -0.203. The summed E-state index contributed by atoms with van der Waals surface area (Å²) in [6, 6.07) is 7.63. The van der Waals surface area contributed by atoms with Crippen LogP contribution in [0.3, 0.4) is 0 Å². The molecule has 1 saturated heterocycles. The lowest BCUT2D eigenvalue weighted by Gasteiger charge is -2.32. The van der Waals surface area contributed by atoms with Crippen molar-refractivity contribution >= 4 is 11.6 Å². The molecule has 5 nitrogen and oxygen atoms in total. The van der Waals surface area contributed by atoms with Crippen LogP contribution < -0.4 is 10.1 Å². The van der Waals surface area contributed by atoms with Crippen LogP contribution in [0.1, 0.15) is 12.8 Å². The number of fused-ring (bicyclic) bond motifs is 1. The van der Waals surface area contributed by atoms with Crippen LogP contribution in [-0.2, 0) is 9.63 Å². The molecule has 0 radical (unpaired) electrons. The van der Waals surface area contributed by atoms with E-state index in [1.165, 1.54) is 5.06 Å². The van der Waals surface area contributed by atoms with Crippen molar-refractivity contribution in [2.45, 2.75) is 18.9 Å². The highest BCUT2D eigenvalue weighted by Gasteiger charge is 2.31. The number of amides is 1. The van der Waals surface area contributed by atoms with Crippen LogP contribution in [0.4, 0.5) is 5.69 Å². The highest BCUT2D eigenvalue weighted by Crippen LogP contribution is 2.28. The molecule has 1 N–H and O–H groups in total. The van der Waals surface area contributed by atoms with Gasteiger partial charge in [-0.15, -0.1) is 0 Å². The molecule has 1 aromatic carbocycles. The number of ether oxygens (including phenoxy) is 1. The number of carbonyl (C=O) groups excluding carboxylic acids is 1. The molecule has 0 spiro atoms. The molecule has 2 aliphatic heterocycles. The van der Waals surface area contributed by atoms with Crippen LogP contribution in [-0.4, -0.2) is 36.8 Å². The molecule has 2 heterocycles. The Labute approximate surface area is 106 Å². The average Bonchev–Trinajstić information content (AvgIpc) is 2.47. The van der Waals surface area contributed by atoms with E-state index in [4.69, 9.17) is 9.57 Å². The summed E-state index contributed by atoms with van der Waals surface area (Å²) in [4.78, 5) is 17.6. The zero-order valence-corrected chi connectivity index (χ0v) is 10.1. The Balaban J connectivity index is 1.69. The average molecular weight is 248 g/mol. The molecule has 96 valence electrons. The normalized spacial score (nSPS) is 22.7. The molecule has 1 fully saturated rings. The highest BCUT2D eigenvalue weighted by atomic mass is 16.7. The van der Waals surface area contributed by atoms with Crippen LogP contribution in [0.25, 0.3) is 0 Å². The Morgan fingerprint density at radius 3 is 3.06 bits per heavy atom. The molecule has 3 rings (SSSR count). The van der Waals surface area contributed by atoms with E-state index in [0.717, 1.165) is 24.3 Å². The fourth-order valence-electron chi connectivity index (χ4n) is 2.18. The van der Waals surface area contributed by atoms with Crippen LogP contribution in [0, 0.1) is 0 Å². The SMILES string of the molecule is O=C(C1CNc2ccccc2O1)N1CCCCO1. The Morgan fingerprint density at radius 2 is 2.22 bits per heavy atom. The van der Waals surface area contributed by atoms with Crippen LogP contribution in [0.2, 0.25) is 0 Å². The standard InChI is InChI=1S/C13H16N2O3/c16-13(15-7-3-4-8-17-15)12-9-14-10-5-1-2-6-11(10)18-12/h1-2,5-6,12,14H,3-4,7-9H2. The summed E-state index contributed by atoms with van der Waals surface area (Å²) in [5.41, 5.74) is 0.932. The topological polar surface area (TPSA) is 50.8 Å². The fraction of sp³-hybridized carbons (Fsp3) is 0.462. The van der Waals surface area contributed by atoms with Gasteiger partial charge in [0.25, 0.3) is 5.91 Å². The molecule has 1 amide bonds. The Bertz CT molecular complexity index is 444. The van der Waals surface area contributed by atoms with Crippen molar-refractivity contribution in [3.63, 3.8) is 0 Å². The van der Waals surface area contributed by atoms with Gasteiger partial charge >= 0.3 is 0 Å². The van der Waals surface area contributed by atoms with Gasteiger partial charge in [-0.05, 0) is 25.0 Å². The predicted octanol–water partition coefficient (Wildman–Crippen LogP) is 1.41. The number of rotatable bonds is 1. The molecular formula is C13H16N2O3. The molecule has 0 bridgehead atoms. The number of hydrogen-bond acceptors (Lipinski definition) is 4. The Morgan fingerprint density at radius 1 is 1.33 bits per heavy atom. The lowest BCUT2D eigenvalue weighted by atomic mass is 10.2. The minimum atomic E-state index is -0.502. The molecule has 0 aromatic heterocycles. The summed E-state index contributed by atoms with van der Waals surface area (Å²) in [5.74, 6) is 0.621. The van der Waals surface area contributed by atoms with Gasteiger partial charge in [0.1, 0.15) is 5.75 Å². The van der Waals surface area contributed by atoms with E-state index in [0.29, 0.717) is 19.7 Å². The van der Waals surface area contributed by atoms with Crippen LogP contribution in [0.5, 0.6) is 5.75 Å². The number of hydroxylamine groups is 2. The van der Waals surface area contributed by atoms with E-state index in [-0.39, 0.29) is 5.91 Å². The number of benzene rings is 1. The van der Waals surface area contributed by atoms with Gasteiger partial charge in [0.2, 0.25) is 0 Å². The number of carbonyl (C=O) groups is 1. The smallest absolute Gasteiger partial charge is 0.289 e. The van der Waals surface area contributed by atoms with Crippen LogP contribution in [0.15, 0.2) is 24.3 Å². The van der Waals surface area contributed by atoms with Crippen molar-refractivity contribution in [2.75, 3.05) is 25.0 Å². The van der Waals surface area contributed by atoms with E-state index in [1.807, 2.05) is 24.3 Å². The molecular weight excluding hydrogens is 232 g/mol. The number of hydrogen-bond donors (Lipinski definition) is 1. The summed E-state index contributed by atoms with van der Waals surface area (Å²) in [5, 5.41) is 4.64. The predicted molar refractivity (Wildman–Crippen MR) is 66.2 cm³/mol.